The number of allylic oxidation sites excluding steroid dienone is 2. The SMILES string of the molecule is C=C(C)/C(C)=C/c1cnc(NC(=O)C2CC2)s1.[HH]. The van der Waals surface area contributed by atoms with Crippen molar-refractivity contribution in [1.29, 1.82) is 0 Å². The summed E-state index contributed by atoms with van der Waals surface area (Å²) in [6.45, 7) is 7.88. The number of carbonyl (C=O) groups is 1. The van der Waals surface area contributed by atoms with E-state index in [1.807, 2.05) is 19.9 Å². The zero-order valence-corrected chi connectivity index (χ0v) is 10.9. The van der Waals surface area contributed by atoms with Gasteiger partial charge in [-0.05, 0) is 38.3 Å². The average molecular weight is 250 g/mol. The first-order valence-electron chi connectivity index (χ1n) is 5.67. The van der Waals surface area contributed by atoms with E-state index in [-0.39, 0.29) is 13.3 Å². The van der Waals surface area contributed by atoms with Crippen LogP contribution in [0.15, 0.2) is 23.9 Å². The molecule has 1 heterocycles. The average Bonchev–Trinajstić information content (AvgIpc) is 3.03. The molecule has 0 unspecified atom stereocenters. The largest absolute Gasteiger partial charge is 0.302 e. The van der Waals surface area contributed by atoms with Crippen molar-refractivity contribution < 1.29 is 6.22 Å². The molecule has 1 aromatic rings. The van der Waals surface area contributed by atoms with Crippen LogP contribution in [0.4, 0.5) is 5.13 Å². The highest BCUT2D eigenvalue weighted by Crippen LogP contribution is 2.31. The van der Waals surface area contributed by atoms with Gasteiger partial charge in [-0.2, -0.15) is 0 Å². The Kier molecular flexibility index (Phi) is 3.43. The normalized spacial score (nSPS) is 15.8. The van der Waals surface area contributed by atoms with Gasteiger partial charge in [0.15, 0.2) is 5.13 Å². The first kappa shape index (κ1) is 12.0. The Bertz CT molecular complexity index is 489. The number of rotatable bonds is 4. The lowest BCUT2D eigenvalue weighted by atomic mass is 10.1. The van der Waals surface area contributed by atoms with Crippen LogP contribution in [-0.4, -0.2) is 10.9 Å². The first-order valence-corrected chi connectivity index (χ1v) is 6.49. The first-order chi connectivity index (χ1) is 8.06. The number of nitrogens with zero attached hydrogens (tertiary/aromatic N) is 1. The number of carbonyl (C=O) groups excluding carboxylic acids is 1. The summed E-state index contributed by atoms with van der Waals surface area (Å²) in [4.78, 5) is 16.8. The molecule has 1 saturated carbocycles. The fourth-order valence-electron chi connectivity index (χ4n) is 1.30. The molecule has 0 atom stereocenters. The summed E-state index contributed by atoms with van der Waals surface area (Å²) in [6.07, 6.45) is 5.84. The van der Waals surface area contributed by atoms with Gasteiger partial charge in [0.25, 0.3) is 0 Å². The van der Waals surface area contributed by atoms with Crippen LogP contribution in [-0.2, 0) is 4.79 Å². The molecule has 0 bridgehead atoms. The van der Waals surface area contributed by atoms with E-state index in [9.17, 15) is 4.79 Å². The van der Waals surface area contributed by atoms with Crippen LogP contribution >= 0.6 is 11.3 Å². The number of thiazole rings is 1. The Hall–Kier alpha value is -1.42. The number of nitrogens with one attached hydrogen (secondary N) is 1. The van der Waals surface area contributed by atoms with Gasteiger partial charge in [-0.25, -0.2) is 4.98 Å². The minimum atomic E-state index is 0. The second kappa shape index (κ2) is 4.84. The van der Waals surface area contributed by atoms with Crippen LogP contribution in [0, 0.1) is 5.92 Å². The summed E-state index contributed by atoms with van der Waals surface area (Å²) in [6, 6.07) is 0. The molecule has 1 fully saturated rings. The smallest absolute Gasteiger partial charge is 0.229 e. The van der Waals surface area contributed by atoms with Gasteiger partial charge in [0.1, 0.15) is 0 Å². The molecule has 0 spiro atoms. The van der Waals surface area contributed by atoms with Gasteiger partial charge in [0.05, 0.1) is 0 Å². The van der Waals surface area contributed by atoms with Crippen molar-refractivity contribution in [3.63, 3.8) is 0 Å². The summed E-state index contributed by atoms with van der Waals surface area (Å²) in [5.74, 6) is 0.321. The molecule has 1 aliphatic carbocycles. The van der Waals surface area contributed by atoms with Crippen LogP contribution in [0.2, 0.25) is 0 Å². The molecule has 4 heteroatoms. The molecule has 92 valence electrons. The number of aromatic nitrogens is 1. The Morgan fingerprint density at radius 3 is 2.94 bits per heavy atom. The Labute approximate surface area is 107 Å². The van der Waals surface area contributed by atoms with E-state index >= 15 is 0 Å². The van der Waals surface area contributed by atoms with Crippen LogP contribution in [0.5, 0.6) is 0 Å². The van der Waals surface area contributed by atoms with Gasteiger partial charge in [0.2, 0.25) is 5.91 Å². The lowest BCUT2D eigenvalue weighted by molar-refractivity contribution is -0.117. The summed E-state index contributed by atoms with van der Waals surface area (Å²) < 4.78 is 0. The summed E-state index contributed by atoms with van der Waals surface area (Å²) in [5.41, 5.74) is 2.18. The molecule has 1 N–H and O–H groups in total. The topological polar surface area (TPSA) is 42.0 Å². The summed E-state index contributed by atoms with van der Waals surface area (Å²) in [7, 11) is 0. The van der Waals surface area contributed by atoms with Crippen molar-refractivity contribution in [2.45, 2.75) is 26.7 Å². The van der Waals surface area contributed by atoms with Crippen molar-refractivity contribution in [3.8, 4) is 0 Å². The maximum atomic E-state index is 11.5. The molecule has 0 aromatic carbocycles. The van der Waals surface area contributed by atoms with E-state index in [0.29, 0.717) is 5.13 Å². The molecule has 1 aliphatic rings. The monoisotopic (exact) mass is 250 g/mol. The number of anilines is 1. The standard InChI is InChI=1S/C13H16N2OS.H2/c1-8(2)9(3)6-11-7-14-13(17-11)15-12(16)10-4-5-10;/h6-7,10H,1,4-5H2,2-3H3,(H,14,15,16);1H/b9-6+;. The lowest BCUT2D eigenvalue weighted by Gasteiger charge is -1.97. The predicted octanol–water partition coefficient (Wildman–Crippen LogP) is 3.72. The minimum absolute atomic E-state index is 0. The third kappa shape index (κ3) is 3.27. The Balaban J connectivity index is 0.00000162. The van der Waals surface area contributed by atoms with Crippen LogP contribution in [0.25, 0.3) is 6.08 Å². The van der Waals surface area contributed by atoms with E-state index in [0.717, 1.165) is 28.9 Å². The highest BCUT2D eigenvalue weighted by atomic mass is 32.1. The molecular weight excluding hydrogens is 232 g/mol. The van der Waals surface area contributed by atoms with Crippen molar-refractivity contribution in [3.05, 3.63) is 28.8 Å². The van der Waals surface area contributed by atoms with Gasteiger partial charge < -0.3 is 5.32 Å². The molecule has 1 amide bonds. The lowest BCUT2D eigenvalue weighted by Crippen LogP contribution is -2.12. The second-order valence-electron chi connectivity index (χ2n) is 4.44. The molecule has 0 radical (unpaired) electrons. The zero-order chi connectivity index (χ0) is 12.4. The van der Waals surface area contributed by atoms with Crippen LogP contribution in [0.3, 0.4) is 0 Å². The molecule has 2 rings (SSSR count). The molecule has 0 aliphatic heterocycles. The van der Waals surface area contributed by atoms with Gasteiger partial charge in [-0.1, -0.05) is 23.5 Å². The van der Waals surface area contributed by atoms with Gasteiger partial charge >= 0.3 is 0 Å². The van der Waals surface area contributed by atoms with Gasteiger partial charge in [-0.3, -0.25) is 4.79 Å². The van der Waals surface area contributed by atoms with Gasteiger partial charge in [0, 0.05) is 18.4 Å². The number of amides is 1. The fraction of sp³-hybridized carbons (Fsp3) is 0.385. The van der Waals surface area contributed by atoms with E-state index in [2.05, 4.69) is 16.9 Å². The van der Waals surface area contributed by atoms with Crippen molar-refractivity contribution in [2.75, 3.05) is 5.32 Å². The predicted molar refractivity (Wildman–Crippen MR) is 74.0 cm³/mol. The third-order valence-corrected chi connectivity index (χ3v) is 3.59. The number of hydrogen-bond donors (Lipinski definition) is 1. The Morgan fingerprint density at radius 2 is 2.35 bits per heavy atom. The number of hydrogen-bond acceptors (Lipinski definition) is 3. The van der Waals surface area contributed by atoms with Crippen molar-refractivity contribution in [1.82, 2.24) is 4.98 Å². The zero-order valence-electron chi connectivity index (χ0n) is 10.1. The summed E-state index contributed by atoms with van der Waals surface area (Å²) >= 11 is 1.49. The van der Waals surface area contributed by atoms with E-state index in [1.165, 1.54) is 11.3 Å². The molecular formula is C13H18N2OS. The third-order valence-electron chi connectivity index (χ3n) is 2.73. The maximum Gasteiger partial charge on any atom is 0.229 e. The van der Waals surface area contributed by atoms with E-state index in [1.54, 1.807) is 6.20 Å². The van der Waals surface area contributed by atoms with Crippen molar-refractivity contribution >= 4 is 28.5 Å². The van der Waals surface area contributed by atoms with E-state index < -0.39 is 0 Å². The fourth-order valence-corrected chi connectivity index (χ4v) is 2.12. The molecule has 3 nitrogen and oxygen atoms in total. The van der Waals surface area contributed by atoms with Crippen LogP contribution < -0.4 is 5.32 Å². The van der Waals surface area contributed by atoms with Crippen LogP contribution in [0.1, 0.15) is 33.0 Å². The molecule has 1 aromatic heterocycles. The molecule has 0 saturated heterocycles. The highest BCUT2D eigenvalue weighted by molar-refractivity contribution is 7.16. The maximum absolute atomic E-state index is 11.5. The quantitative estimate of drug-likeness (QED) is 0.827. The van der Waals surface area contributed by atoms with Gasteiger partial charge in [-0.15, -0.1) is 0 Å². The van der Waals surface area contributed by atoms with Crippen molar-refractivity contribution in [2.24, 2.45) is 5.92 Å². The minimum Gasteiger partial charge on any atom is -0.302 e. The summed E-state index contributed by atoms with van der Waals surface area (Å²) in [5, 5.41) is 3.53. The highest BCUT2D eigenvalue weighted by Gasteiger charge is 2.29. The second-order valence-corrected chi connectivity index (χ2v) is 5.50. The Morgan fingerprint density at radius 1 is 1.65 bits per heavy atom. The van der Waals surface area contributed by atoms with E-state index in [4.69, 9.17) is 0 Å². The molecule has 17 heavy (non-hydrogen) atoms.